The van der Waals surface area contributed by atoms with Crippen molar-refractivity contribution in [1.29, 1.82) is 0 Å². The topological polar surface area (TPSA) is 77.8 Å². The molecule has 0 radical (unpaired) electrons. The molecule has 0 aliphatic carbocycles. The summed E-state index contributed by atoms with van der Waals surface area (Å²) < 4.78 is 27.6. The summed E-state index contributed by atoms with van der Waals surface area (Å²) in [6.07, 6.45) is 3.55. The largest absolute Gasteiger partial charge is 0.481 e. The molecular weight excluding hydrogens is 536 g/mol. The van der Waals surface area contributed by atoms with Gasteiger partial charge in [-0.05, 0) is 108 Å². The van der Waals surface area contributed by atoms with Crippen LogP contribution in [0.15, 0.2) is 91.0 Å². The summed E-state index contributed by atoms with van der Waals surface area (Å²) in [4.78, 5) is 24.4. The van der Waals surface area contributed by atoms with Crippen LogP contribution < -0.4 is 0 Å². The Kier molecular flexibility index (Phi) is 11.0. The third-order valence-electron chi connectivity index (χ3n) is 7.40. The smallest absolute Gasteiger partial charge is 0.335 e. The van der Waals surface area contributed by atoms with Crippen molar-refractivity contribution in [3.05, 3.63) is 130 Å². The summed E-state index contributed by atoms with van der Waals surface area (Å²) in [6, 6.07) is 26.3. The van der Waals surface area contributed by atoms with Crippen molar-refractivity contribution in [2.45, 2.75) is 45.1 Å². The Labute approximate surface area is 245 Å². The van der Waals surface area contributed by atoms with Crippen molar-refractivity contribution in [2.24, 2.45) is 0 Å². The molecule has 0 saturated heterocycles. The molecule has 0 spiro atoms. The summed E-state index contributed by atoms with van der Waals surface area (Å²) in [6.45, 7) is 1.91. The number of hydrogen-bond donors (Lipinski definition) is 2. The number of benzene rings is 4. The van der Waals surface area contributed by atoms with Gasteiger partial charge < -0.3 is 10.2 Å². The van der Waals surface area contributed by atoms with Gasteiger partial charge in [0.1, 0.15) is 11.6 Å². The summed E-state index contributed by atoms with van der Waals surface area (Å²) >= 11 is 0. The molecule has 0 aliphatic heterocycles. The zero-order chi connectivity index (χ0) is 29.9. The van der Waals surface area contributed by atoms with Gasteiger partial charge in [-0.2, -0.15) is 0 Å². The number of carbonyl (C=O) groups is 2. The molecule has 0 saturated carbocycles. The minimum absolute atomic E-state index is 0.111. The lowest BCUT2D eigenvalue weighted by molar-refractivity contribution is -0.137. The zero-order valence-corrected chi connectivity index (χ0v) is 23.4. The predicted molar refractivity (Wildman–Crippen MR) is 160 cm³/mol. The van der Waals surface area contributed by atoms with E-state index in [2.05, 4.69) is 17.0 Å². The van der Waals surface area contributed by atoms with Crippen LogP contribution in [0.1, 0.15) is 51.9 Å². The molecule has 0 aromatic heterocycles. The molecule has 4 aromatic rings. The normalized spacial score (nSPS) is 11.1. The zero-order valence-electron chi connectivity index (χ0n) is 23.4. The van der Waals surface area contributed by atoms with Gasteiger partial charge in [0, 0.05) is 19.5 Å². The van der Waals surface area contributed by atoms with Gasteiger partial charge in [-0.3, -0.25) is 9.69 Å². The number of aliphatic carboxylic acids is 1. The Morgan fingerprint density at radius 2 is 1.24 bits per heavy atom. The SMILES string of the molecule is O=C(O)CCCCN(CCc1cc(F)ccc1CCc1ccc(-c2ccc(F)cc2)cc1)Cc1ccc(C(=O)O)cc1. The van der Waals surface area contributed by atoms with Crippen molar-refractivity contribution in [3.8, 4) is 11.1 Å². The lowest BCUT2D eigenvalue weighted by Crippen LogP contribution is -2.27. The first-order chi connectivity index (χ1) is 20.3. The summed E-state index contributed by atoms with van der Waals surface area (Å²) in [7, 11) is 0. The van der Waals surface area contributed by atoms with Crippen LogP contribution in [-0.4, -0.2) is 40.1 Å². The van der Waals surface area contributed by atoms with Crippen molar-refractivity contribution in [2.75, 3.05) is 13.1 Å². The van der Waals surface area contributed by atoms with Crippen LogP contribution in [0.2, 0.25) is 0 Å². The van der Waals surface area contributed by atoms with Crippen molar-refractivity contribution < 1.29 is 28.6 Å². The van der Waals surface area contributed by atoms with Gasteiger partial charge in [-0.25, -0.2) is 13.6 Å². The maximum absolute atomic E-state index is 14.3. The van der Waals surface area contributed by atoms with Gasteiger partial charge in [-0.1, -0.05) is 54.6 Å². The molecule has 0 unspecified atom stereocenters. The fourth-order valence-electron chi connectivity index (χ4n) is 5.03. The number of unbranched alkanes of at least 4 members (excludes halogenated alkanes) is 1. The van der Waals surface area contributed by atoms with E-state index in [9.17, 15) is 23.5 Å². The minimum Gasteiger partial charge on any atom is -0.481 e. The average molecular weight is 572 g/mol. The fraction of sp³-hybridized carbons (Fsp3) is 0.257. The Balaban J connectivity index is 1.40. The van der Waals surface area contributed by atoms with Crippen molar-refractivity contribution >= 4 is 11.9 Å². The van der Waals surface area contributed by atoms with Gasteiger partial charge >= 0.3 is 11.9 Å². The number of aromatic carboxylic acids is 1. The van der Waals surface area contributed by atoms with Gasteiger partial charge in [0.05, 0.1) is 5.56 Å². The van der Waals surface area contributed by atoms with Gasteiger partial charge in [-0.15, -0.1) is 0 Å². The fourth-order valence-corrected chi connectivity index (χ4v) is 5.03. The molecule has 7 heteroatoms. The summed E-state index contributed by atoms with van der Waals surface area (Å²) in [5, 5.41) is 18.2. The quantitative estimate of drug-likeness (QED) is 0.145. The van der Waals surface area contributed by atoms with Crippen LogP contribution in [0.4, 0.5) is 8.78 Å². The predicted octanol–water partition coefficient (Wildman–Crippen LogP) is 7.41. The molecule has 0 fully saturated rings. The third-order valence-corrected chi connectivity index (χ3v) is 7.40. The van der Waals surface area contributed by atoms with E-state index in [1.807, 2.05) is 18.2 Å². The molecule has 0 atom stereocenters. The number of hydrogen-bond acceptors (Lipinski definition) is 3. The second-order valence-corrected chi connectivity index (χ2v) is 10.5. The van der Waals surface area contributed by atoms with E-state index in [0.29, 0.717) is 38.9 Å². The van der Waals surface area contributed by atoms with Crippen LogP contribution in [0.25, 0.3) is 11.1 Å². The number of halogens is 2. The lowest BCUT2D eigenvalue weighted by Gasteiger charge is -2.23. The van der Waals surface area contributed by atoms with Crippen molar-refractivity contribution in [1.82, 2.24) is 4.90 Å². The molecule has 5 nitrogen and oxygen atoms in total. The summed E-state index contributed by atoms with van der Waals surface area (Å²) in [5.74, 6) is -2.34. The first-order valence-corrected chi connectivity index (χ1v) is 14.2. The Morgan fingerprint density at radius 3 is 1.88 bits per heavy atom. The van der Waals surface area contributed by atoms with Crippen LogP contribution in [0, 0.1) is 11.6 Å². The highest BCUT2D eigenvalue weighted by atomic mass is 19.1. The van der Waals surface area contributed by atoms with E-state index in [-0.39, 0.29) is 23.6 Å². The van der Waals surface area contributed by atoms with E-state index in [1.165, 1.54) is 18.2 Å². The Morgan fingerprint density at radius 1 is 0.619 bits per heavy atom. The molecular formula is C35H35F2NO4. The molecule has 2 N–H and O–H groups in total. The highest BCUT2D eigenvalue weighted by Crippen LogP contribution is 2.22. The minimum atomic E-state index is -0.977. The lowest BCUT2D eigenvalue weighted by atomic mass is 9.96. The third kappa shape index (κ3) is 9.35. The van der Waals surface area contributed by atoms with Crippen LogP contribution in [-0.2, 0) is 30.6 Å². The molecule has 0 aliphatic rings. The van der Waals surface area contributed by atoms with E-state index in [1.54, 1.807) is 42.5 Å². The molecule has 218 valence electrons. The maximum Gasteiger partial charge on any atom is 0.335 e. The Hall–Kier alpha value is -4.36. The first kappa shape index (κ1) is 30.6. The highest BCUT2D eigenvalue weighted by molar-refractivity contribution is 5.87. The van der Waals surface area contributed by atoms with Crippen LogP contribution in [0.3, 0.4) is 0 Å². The van der Waals surface area contributed by atoms with Gasteiger partial charge in [0.25, 0.3) is 0 Å². The number of rotatable bonds is 15. The molecule has 0 heterocycles. The number of carboxylic acid groups (broad SMARTS) is 2. The highest BCUT2D eigenvalue weighted by Gasteiger charge is 2.12. The van der Waals surface area contributed by atoms with E-state index >= 15 is 0 Å². The van der Waals surface area contributed by atoms with E-state index in [4.69, 9.17) is 5.11 Å². The second-order valence-electron chi connectivity index (χ2n) is 10.5. The van der Waals surface area contributed by atoms with Crippen LogP contribution >= 0.6 is 0 Å². The van der Waals surface area contributed by atoms with E-state index in [0.717, 1.165) is 46.2 Å². The Bertz CT molecular complexity index is 1470. The van der Waals surface area contributed by atoms with Crippen molar-refractivity contribution in [3.63, 3.8) is 0 Å². The molecule has 0 bridgehead atoms. The monoisotopic (exact) mass is 571 g/mol. The standard InChI is InChI=1S/C35H35F2NO4/c36-32-17-14-28(15-18-32)27-9-4-25(5-10-27)6-11-29-16-19-33(37)23-31(29)20-22-38(21-2-1-3-34(39)40)24-26-7-12-30(13-8-26)35(41)42/h4-5,7-10,12-19,23H,1-3,6,11,20-22,24H2,(H,39,40)(H,41,42). The van der Waals surface area contributed by atoms with Crippen LogP contribution in [0.5, 0.6) is 0 Å². The van der Waals surface area contributed by atoms with E-state index < -0.39 is 11.9 Å². The number of carboxylic acids is 2. The van der Waals surface area contributed by atoms with Gasteiger partial charge in [0.2, 0.25) is 0 Å². The summed E-state index contributed by atoms with van der Waals surface area (Å²) in [5.41, 5.74) is 6.32. The second kappa shape index (κ2) is 15.0. The average Bonchev–Trinajstić information content (AvgIpc) is 2.98. The first-order valence-electron chi connectivity index (χ1n) is 14.2. The number of nitrogens with zero attached hydrogens (tertiary/aromatic N) is 1. The molecule has 4 aromatic carbocycles. The number of aryl methyl sites for hydroxylation is 2. The van der Waals surface area contributed by atoms with Gasteiger partial charge in [0.15, 0.2) is 0 Å². The maximum atomic E-state index is 14.3. The molecule has 0 amide bonds. The molecule has 4 rings (SSSR count). The molecule has 42 heavy (non-hydrogen) atoms.